The van der Waals surface area contributed by atoms with Crippen LogP contribution in [-0.2, 0) is 9.59 Å². The summed E-state index contributed by atoms with van der Waals surface area (Å²) in [6.45, 7) is 10.8. The first kappa shape index (κ1) is 27.0. The van der Waals surface area contributed by atoms with Crippen molar-refractivity contribution in [3.05, 3.63) is 43.0 Å². The number of anilines is 1. The van der Waals surface area contributed by atoms with Crippen molar-refractivity contribution in [1.82, 2.24) is 20.0 Å². The molecule has 0 radical (unpaired) electrons. The molecule has 9 nitrogen and oxygen atoms in total. The molecule has 0 spiro atoms. The number of amides is 2. The third-order valence-corrected chi connectivity index (χ3v) is 6.12. The number of hydrogen-bond donors (Lipinski definition) is 0. The molecule has 0 aliphatic carbocycles. The van der Waals surface area contributed by atoms with Crippen molar-refractivity contribution >= 4 is 17.6 Å². The van der Waals surface area contributed by atoms with E-state index in [1.807, 2.05) is 49.1 Å². The molecule has 1 aromatic carbocycles. The Kier molecular flexibility index (Phi) is 9.67. The topological polar surface area (TPSA) is 88.1 Å². The van der Waals surface area contributed by atoms with E-state index in [1.54, 1.807) is 25.2 Å². The second kappa shape index (κ2) is 12.9. The van der Waals surface area contributed by atoms with Gasteiger partial charge in [-0.25, -0.2) is 0 Å². The Bertz CT molecular complexity index is 1040. The zero-order valence-corrected chi connectivity index (χ0v) is 21.8. The highest BCUT2D eigenvalue weighted by Gasteiger charge is 2.24. The van der Waals surface area contributed by atoms with Crippen molar-refractivity contribution in [1.29, 1.82) is 0 Å². The van der Waals surface area contributed by atoms with E-state index in [-0.39, 0.29) is 24.3 Å². The average molecular weight is 496 g/mol. The molecule has 0 bridgehead atoms. The highest BCUT2D eigenvalue weighted by atomic mass is 16.5. The van der Waals surface area contributed by atoms with Crippen molar-refractivity contribution in [2.24, 2.45) is 5.92 Å². The van der Waals surface area contributed by atoms with Gasteiger partial charge in [-0.2, -0.15) is 0 Å². The Balaban J connectivity index is 1.63. The zero-order chi connectivity index (χ0) is 26.1. The second-order valence-corrected chi connectivity index (χ2v) is 9.23. The minimum Gasteiger partial charge on any atom is -0.497 e. The number of carbonyl (C=O) groups excluding carboxylic acids is 2. The maximum Gasteiger partial charge on any atom is 0.242 e. The molecule has 194 valence electrons. The van der Waals surface area contributed by atoms with Crippen molar-refractivity contribution < 1.29 is 19.1 Å². The minimum atomic E-state index is -0.0381. The maximum atomic E-state index is 13.0. The van der Waals surface area contributed by atoms with Gasteiger partial charge in [-0.3, -0.25) is 9.59 Å². The van der Waals surface area contributed by atoms with Gasteiger partial charge in [0, 0.05) is 50.8 Å². The van der Waals surface area contributed by atoms with E-state index in [1.165, 1.54) is 0 Å². The first-order valence-corrected chi connectivity index (χ1v) is 12.3. The van der Waals surface area contributed by atoms with Gasteiger partial charge in [0.05, 0.1) is 19.9 Å². The number of aromatic nitrogens is 2. The van der Waals surface area contributed by atoms with Crippen molar-refractivity contribution in [2.45, 2.75) is 26.7 Å². The molecule has 0 unspecified atom stereocenters. The van der Waals surface area contributed by atoms with Gasteiger partial charge in [-0.15, -0.1) is 16.8 Å². The molecule has 2 amide bonds. The number of hydrogen-bond acceptors (Lipinski definition) is 7. The SMILES string of the molecule is C=CCN(CC(=O)N1CCCN(c2ccc(-c3ccc(OC)cc3OC)nn2)CC1)C(=O)CC(C)C. The summed E-state index contributed by atoms with van der Waals surface area (Å²) >= 11 is 0. The minimum absolute atomic E-state index is 0.0152. The van der Waals surface area contributed by atoms with Crippen LogP contribution in [0.15, 0.2) is 43.0 Å². The summed E-state index contributed by atoms with van der Waals surface area (Å²) in [4.78, 5) is 31.1. The standard InChI is InChI=1S/C27H37N5O4/c1-6-12-32(26(33)17-20(2)3)19-27(34)31-14-7-13-30(15-16-31)25-11-10-23(28-29-25)22-9-8-21(35-4)18-24(22)36-5/h6,8-11,18,20H,1,7,12-17,19H2,2-5H3. The number of benzene rings is 1. The van der Waals surface area contributed by atoms with Crippen LogP contribution in [0.25, 0.3) is 11.3 Å². The molecule has 2 aromatic rings. The molecular weight excluding hydrogens is 458 g/mol. The molecular formula is C27H37N5O4. The predicted octanol–water partition coefficient (Wildman–Crippen LogP) is 3.26. The van der Waals surface area contributed by atoms with E-state index >= 15 is 0 Å². The molecule has 1 aliphatic heterocycles. The van der Waals surface area contributed by atoms with E-state index in [9.17, 15) is 9.59 Å². The van der Waals surface area contributed by atoms with Crippen molar-refractivity contribution in [3.63, 3.8) is 0 Å². The van der Waals surface area contributed by atoms with E-state index < -0.39 is 0 Å². The van der Waals surface area contributed by atoms with E-state index in [0.717, 1.165) is 24.3 Å². The maximum absolute atomic E-state index is 13.0. The molecule has 3 rings (SSSR count). The van der Waals surface area contributed by atoms with Gasteiger partial charge in [0.25, 0.3) is 0 Å². The summed E-state index contributed by atoms with van der Waals surface area (Å²) in [5, 5.41) is 8.88. The lowest BCUT2D eigenvalue weighted by molar-refractivity contribution is -0.140. The summed E-state index contributed by atoms with van der Waals surface area (Å²) in [6.07, 6.45) is 2.90. The van der Waals surface area contributed by atoms with Gasteiger partial charge < -0.3 is 24.2 Å². The number of methoxy groups -OCH3 is 2. The molecule has 2 heterocycles. The number of ether oxygens (including phenoxy) is 2. The van der Waals surface area contributed by atoms with E-state index in [0.29, 0.717) is 49.8 Å². The Labute approximate surface area is 213 Å². The van der Waals surface area contributed by atoms with Crippen LogP contribution in [0, 0.1) is 5.92 Å². The van der Waals surface area contributed by atoms with Crippen LogP contribution in [0.1, 0.15) is 26.7 Å². The summed E-state index contributed by atoms with van der Waals surface area (Å²) in [5.74, 6) is 2.33. The summed E-state index contributed by atoms with van der Waals surface area (Å²) in [6, 6.07) is 9.45. The molecule has 0 saturated carbocycles. The van der Waals surface area contributed by atoms with Crippen LogP contribution in [0.5, 0.6) is 11.5 Å². The largest absolute Gasteiger partial charge is 0.497 e. The molecule has 1 saturated heterocycles. The number of nitrogens with zero attached hydrogens (tertiary/aromatic N) is 5. The smallest absolute Gasteiger partial charge is 0.242 e. The molecule has 9 heteroatoms. The lowest BCUT2D eigenvalue weighted by Crippen LogP contribution is -2.44. The fourth-order valence-electron chi connectivity index (χ4n) is 4.20. The molecule has 0 N–H and O–H groups in total. The molecule has 0 atom stereocenters. The van der Waals surface area contributed by atoms with Crippen molar-refractivity contribution in [3.8, 4) is 22.8 Å². The predicted molar refractivity (Wildman–Crippen MR) is 140 cm³/mol. The fraction of sp³-hybridized carbons (Fsp3) is 0.481. The molecule has 1 aliphatic rings. The first-order chi connectivity index (χ1) is 17.4. The summed E-state index contributed by atoms with van der Waals surface area (Å²) in [7, 11) is 3.23. The van der Waals surface area contributed by atoms with Crippen LogP contribution in [0.4, 0.5) is 5.82 Å². The summed E-state index contributed by atoms with van der Waals surface area (Å²) < 4.78 is 10.8. The Hall–Kier alpha value is -3.62. The molecule has 1 aromatic heterocycles. The molecule has 36 heavy (non-hydrogen) atoms. The van der Waals surface area contributed by atoms with Gasteiger partial charge in [0.15, 0.2) is 5.82 Å². The van der Waals surface area contributed by atoms with Crippen molar-refractivity contribution in [2.75, 3.05) is 58.4 Å². The lowest BCUT2D eigenvalue weighted by Gasteiger charge is -2.27. The number of rotatable bonds is 10. The Morgan fingerprint density at radius 2 is 1.89 bits per heavy atom. The fourth-order valence-corrected chi connectivity index (χ4v) is 4.20. The normalized spacial score (nSPS) is 13.8. The van der Waals surface area contributed by atoms with Crippen LogP contribution >= 0.6 is 0 Å². The molecule has 1 fully saturated rings. The van der Waals surface area contributed by atoms with Gasteiger partial charge in [0.1, 0.15) is 18.0 Å². The van der Waals surface area contributed by atoms with Crippen LogP contribution in [0.3, 0.4) is 0 Å². The third-order valence-electron chi connectivity index (χ3n) is 6.12. The highest BCUT2D eigenvalue weighted by molar-refractivity contribution is 5.85. The van der Waals surface area contributed by atoms with Gasteiger partial charge in [-0.05, 0) is 36.6 Å². The van der Waals surface area contributed by atoms with Gasteiger partial charge in [-0.1, -0.05) is 19.9 Å². The monoisotopic (exact) mass is 495 g/mol. The highest BCUT2D eigenvalue weighted by Crippen LogP contribution is 2.32. The summed E-state index contributed by atoms with van der Waals surface area (Å²) in [5.41, 5.74) is 1.54. The van der Waals surface area contributed by atoms with E-state index in [2.05, 4.69) is 21.7 Å². The number of carbonyl (C=O) groups is 2. The van der Waals surface area contributed by atoms with Gasteiger partial charge >= 0.3 is 0 Å². The lowest BCUT2D eigenvalue weighted by atomic mass is 10.1. The van der Waals surface area contributed by atoms with E-state index in [4.69, 9.17) is 9.47 Å². The zero-order valence-electron chi connectivity index (χ0n) is 21.8. The van der Waals surface area contributed by atoms with Crippen LogP contribution < -0.4 is 14.4 Å². The Morgan fingerprint density at radius 3 is 2.53 bits per heavy atom. The first-order valence-electron chi connectivity index (χ1n) is 12.3. The van der Waals surface area contributed by atoms with Crippen LogP contribution in [0.2, 0.25) is 0 Å². The van der Waals surface area contributed by atoms with Crippen LogP contribution in [-0.4, -0.2) is 85.3 Å². The second-order valence-electron chi connectivity index (χ2n) is 9.23. The van der Waals surface area contributed by atoms with Gasteiger partial charge in [0.2, 0.25) is 11.8 Å². The Morgan fingerprint density at radius 1 is 1.08 bits per heavy atom. The average Bonchev–Trinajstić information content (AvgIpc) is 3.14. The third kappa shape index (κ3) is 6.96. The quantitative estimate of drug-likeness (QED) is 0.468.